The summed E-state index contributed by atoms with van der Waals surface area (Å²) in [4.78, 5) is 25.0. The maximum atomic E-state index is 12.6. The van der Waals surface area contributed by atoms with Crippen LogP contribution >= 0.6 is 0 Å². The van der Waals surface area contributed by atoms with Gasteiger partial charge < -0.3 is 20.9 Å². The number of aliphatic imine (C=N–C) groups is 1. The van der Waals surface area contributed by atoms with Gasteiger partial charge >= 0.3 is 0 Å². The first kappa shape index (κ1) is 21.9. The van der Waals surface area contributed by atoms with Crippen LogP contribution in [0.15, 0.2) is 65.7 Å². The molecule has 4 N–H and O–H groups in total. The number of allylic oxidation sites excluding steroid dienone is 1. The summed E-state index contributed by atoms with van der Waals surface area (Å²) in [7, 11) is 5.77. The van der Waals surface area contributed by atoms with Gasteiger partial charge in [0.25, 0.3) is 5.91 Å². The van der Waals surface area contributed by atoms with Gasteiger partial charge in [0.2, 0.25) is 0 Å². The molecular formula is C23H27N7O. The van der Waals surface area contributed by atoms with E-state index in [2.05, 4.69) is 15.3 Å². The number of benzene rings is 1. The van der Waals surface area contributed by atoms with Crippen molar-refractivity contribution in [3.8, 4) is 0 Å². The summed E-state index contributed by atoms with van der Waals surface area (Å²) < 4.78 is 0. The van der Waals surface area contributed by atoms with Crippen molar-refractivity contribution in [2.75, 3.05) is 34.2 Å². The summed E-state index contributed by atoms with van der Waals surface area (Å²) in [6, 6.07) is 12.8. The molecule has 0 atom stereocenters. The van der Waals surface area contributed by atoms with Crippen LogP contribution in [0, 0.1) is 5.41 Å². The van der Waals surface area contributed by atoms with Crippen molar-refractivity contribution in [1.82, 2.24) is 20.1 Å². The predicted molar refractivity (Wildman–Crippen MR) is 125 cm³/mol. The molecule has 1 aromatic carbocycles. The second-order valence-electron chi connectivity index (χ2n) is 7.46. The number of nitrogens with two attached hydrogens (primary N) is 1. The SMILES string of the molecule is CN(C)CCN(C)C(=O)c1ccc(C2=CN/C(=C(\C(=N)N)c3ccccn3)N=C2)cc1. The topological polar surface area (TPSA) is 111 Å². The van der Waals surface area contributed by atoms with Gasteiger partial charge in [-0.3, -0.25) is 15.2 Å². The molecule has 0 spiro atoms. The minimum atomic E-state index is -0.114. The fourth-order valence-electron chi connectivity index (χ4n) is 3.02. The Kier molecular flexibility index (Phi) is 6.94. The molecule has 0 saturated carbocycles. The Labute approximate surface area is 182 Å². The van der Waals surface area contributed by atoms with Crippen LogP contribution < -0.4 is 11.1 Å². The van der Waals surface area contributed by atoms with Crippen LogP contribution in [0.4, 0.5) is 0 Å². The van der Waals surface area contributed by atoms with Crippen molar-refractivity contribution in [1.29, 1.82) is 5.41 Å². The van der Waals surface area contributed by atoms with E-state index in [0.29, 0.717) is 29.2 Å². The lowest BCUT2D eigenvalue weighted by Crippen LogP contribution is -2.33. The Morgan fingerprint density at radius 2 is 1.84 bits per heavy atom. The number of rotatable bonds is 7. The van der Waals surface area contributed by atoms with Crippen LogP contribution in [0.3, 0.4) is 0 Å². The number of hydrogen-bond acceptors (Lipinski definition) is 6. The number of nitrogens with zero attached hydrogens (tertiary/aromatic N) is 4. The van der Waals surface area contributed by atoms with Crippen LogP contribution in [-0.2, 0) is 0 Å². The Bertz CT molecular complexity index is 1040. The third-order valence-electron chi connectivity index (χ3n) is 4.82. The molecule has 0 aliphatic carbocycles. The summed E-state index contributed by atoms with van der Waals surface area (Å²) >= 11 is 0. The summed E-state index contributed by atoms with van der Waals surface area (Å²) in [5.74, 6) is 0.338. The van der Waals surface area contributed by atoms with Gasteiger partial charge in [0.15, 0.2) is 0 Å². The lowest BCUT2D eigenvalue weighted by Gasteiger charge is -2.20. The number of carbonyl (C=O) groups excluding carboxylic acids is 1. The molecule has 0 bridgehead atoms. The molecule has 0 saturated heterocycles. The Morgan fingerprint density at radius 1 is 1.10 bits per heavy atom. The highest BCUT2D eigenvalue weighted by atomic mass is 16.2. The molecule has 0 radical (unpaired) electrons. The van der Waals surface area contributed by atoms with Crippen LogP contribution in [0.5, 0.6) is 0 Å². The third kappa shape index (κ3) is 5.43. The second-order valence-corrected chi connectivity index (χ2v) is 7.46. The fourth-order valence-corrected chi connectivity index (χ4v) is 3.02. The number of pyridine rings is 1. The molecule has 2 aromatic rings. The lowest BCUT2D eigenvalue weighted by atomic mass is 10.0. The van der Waals surface area contributed by atoms with Crippen molar-refractivity contribution in [3.05, 3.63) is 77.5 Å². The number of hydrogen-bond donors (Lipinski definition) is 3. The van der Waals surface area contributed by atoms with Crippen LogP contribution in [0.1, 0.15) is 21.6 Å². The third-order valence-corrected chi connectivity index (χ3v) is 4.82. The number of amides is 1. The van der Waals surface area contributed by atoms with Crippen LogP contribution in [0.25, 0.3) is 11.1 Å². The van der Waals surface area contributed by atoms with E-state index in [1.54, 1.807) is 35.6 Å². The zero-order valence-electron chi connectivity index (χ0n) is 18.0. The number of carbonyl (C=O) groups is 1. The van der Waals surface area contributed by atoms with Crippen molar-refractivity contribution in [2.24, 2.45) is 10.7 Å². The quantitative estimate of drug-likeness (QED) is 0.472. The standard InChI is InChI=1S/C23H27N7O/c1-29(2)12-13-30(3)23(31)17-9-7-16(8-10-17)18-14-27-22(28-15-18)20(21(24)25)19-6-4-5-11-26-19/h4-11,14-15,27H,12-13H2,1-3H3,(H3,24,25)/b22-20+. The molecule has 8 nitrogen and oxygen atoms in total. The van der Waals surface area contributed by atoms with Gasteiger partial charge in [0, 0.05) is 49.9 Å². The molecule has 1 aromatic heterocycles. The molecule has 0 unspecified atom stereocenters. The maximum absolute atomic E-state index is 12.6. The van der Waals surface area contributed by atoms with E-state index in [0.717, 1.165) is 17.7 Å². The zero-order valence-corrected chi connectivity index (χ0v) is 18.0. The van der Waals surface area contributed by atoms with Crippen molar-refractivity contribution < 1.29 is 4.79 Å². The van der Waals surface area contributed by atoms with Crippen molar-refractivity contribution >= 4 is 29.1 Å². The molecule has 3 rings (SSSR count). The minimum Gasteiger partial charge on any atom is -0.384 e. The zero-order chi connectivity index (χ0) is 22.4. The molecule has 0 fully saturated rings. The number of amidine groups is 1. The van der Waals surface area contributed by atoms with Crippen molar-refractivity contribution in [2.45, 2.75) is 0 Å². The summed E-state index contributed by atoms with van der Waals surface area (Å²) in [6.07, 6.45) is 5.15. The molecule has 1 amide bonds. The predicted octanol–water partition coefficient (Wildman–Crippen LogP) is 2.03. The van der Waals surface area contributed by atoms with E-state index in [4.69, 9.17) is 11.1 Å². The first-order valence-electron chi connectivity index (χ1n) is 9.88. The summed E-state index contributed by atoms with van der Waals surface area (Å²) in [5, 5.41) is 11.0. The smallest absolute Gasteiger partial charge is 0.253 e. The molecule has 1 aliphatic rings. The second kappa shape index (κ2) is 9.82. The van der Waals surface area contributed by atoms with Gasteiger partial charge in [-0.1, -0.05) is 18.2 Å². The number of likely N-dealkylation sites (N-methyl/N-ethyl adjacent to an activating group) is 2. The highest BCUT2D eigenvalue weighted by molar-refractivity contribution is 6.21. The first-order chi connectivity index (χ1) is 14.9. The van der Waals surface area contributed by atoms with Gasteiger partial charge in [-0.05, 0) is 43.9 Å². The molecule has 160 valence electrons. The largest absolute Gasteiger partial charge is 0.384 e. The monoisotopic (exact) mass is 417 g/mol. The van der Waals surface area contributed by atoms with Gasteiger partial charge in [0.05, 0.1) is 11.3 Å². The molecule has 1 aliphatic heterocycles. The molecule has 8 heteroatoms. The average molecular weight is 418 g/mol. The molecule has 31 heavy (non-hydrogen) atoms. The van der Waals surface area contributed by atoms with Crippen LogP contribution in [0.2, 0.25) is 0 Å². The summed E-state index contributed by atoms with van der Waals surface area (Å²) in [6.45, 7) is 1.48. The average Bonchev–Trinajstić information content (AvgIpc) is 2.78. The first-order valence-corrected chi connectivity index (χ1v) is 9.88. The molecule has 2 heterocycles. The van der Waals surface area contributed by atoms with Gasteiger partial charge in [-0.25, -0.2) is 4.99 Å². The highest BCUT2D eigenvalue weighted by Crippen LogP contribution is 2.21. The van der Waals surface area contributed by atoms with E-state index in [-0.39, 0.29) is 11.7 Å². The Balaban J connectivity index is 1.74. The van der Waals surface area contributed by atoms with E-state index in [1.807, 2.05) is 56.4 Å². The Hall–Kier alpha value is -3.78. The van der Waals surface area contributed by atoms with E-state index in [1.165, 1.54) is 0 Å². The lowest BCUT2D eigenvalue weighted by molar-refractivity contribution is 0.0786. The van der Waals surface area contributed by atoms with Gasteiger partial charge in [-0.2, -0.15) is 0 Å². The van der Waals surface area contributed by atoms with Gasteiger partial charge in [0.1, 0.15) is 11.7 Å². The van der Waals surface area contributed by atoms with E-state index >= 15 is 0 Å². The highest BCUT2D eigenvalue weighted by Gasteiger charge is 2.16. The van der Waals surface area contributed by atoms with Crippen molar-refractivity contribution in [3.63, 3.8) is 0 Å². The maximum Gasteiger partial charge on any atom is 0.253 e. The number of aromatic nitrogens is 1. The van der Waals surface area contributed by atoms with E-state index in [9.17, 15) is 4.79 Å². The number of nitrogens with one attached hydrogen (secondary N) is 2. The fraction of sp³-hybridized carbons (Fsp3) is 0.217. The normalized spacial score (nSPS) is 14.6. The minimum absolute atomic E-state index is 0.00973. The Morgan fingerprint density at radius 3 is 2.39 bits per heavy atom. The summed E-state index contributed by atoms with van der Waals surface area (Å²) in [5.41, 5.74) is 9.20. The molecular weight excluding hydrogens is 390 g/mol. The van der Waals surface area contributed by atoms with E-state index < -0.39 is 0 Å². The van der Waals surface area contributed by atoms with Crippen LogP contribution in [-0.4, -0.2) is 67.0 Å². The van der Waals surface area contributed by atoms with Gasteiger partial charge in [-0.15, -0.1) is 0 Å².